The zero-order valence-corrected chi connectivity index (χ0v) is 13.1. The first-order chi connectivity index (χ1) is 9.58. The highest BCUT2D eigenvalue weighted by Gasteiger charge is 2.08. The van der Waals surface area contributed by atoms with Crippen molar-refractivity contribution in [2.75, 3.05) is 19.0 Å². The quantitative estimate of drug-likeness (QED) is 0.613. The molecule has 2 nitrogen and oxygen atoms in total. The van der Waals surface area contributed by atoms with Crippen molar-refractivity contribution < 1.29 is 4.79 Å². The summed E-state index contributed by atoms with van der Waals surface area (Å²) < 4.78 is 0.557. The summed E-state index contributed by atoms with van der Waals surface area (Å²) in [5, 5.41) is 0. The van der Waals surface area contributed by atoms with Gasteiger partial charge >= 0.3 is 0 Å². The highest BCUT2D eigenvalue weighted by atomic mass is 79.9. The Bertz CT molecular complexity index is 615. The van der Waals surface area contributed by atoms with Crippen molar-refractivity contribution in [1.82, 2.24) is 0 Å². The van der Waals surface area contributed by atoms with Crippen molar-refractivity contribution in [3.05, 3.63) is 70.2 Å². The Hall–Kier alpha value is -1.87. The summed E-state index contributed by atoms with van der Waals surface area (Å²) in [6.45, 7) is 0. The van der Waals surface area contributed by atoms with Gasteiger partial charge < -0.3 is 4.90 Å². The molecule has 102 valence electrons. The molecule has 0 saturated heterocycles. The molecule has 0 amide bonds. The Kier molecular flexibility index (Phi) is 4.74. The van der Waals surface area contributed by atoms with Crippen LogP contribution >= 0.6 is 15.9 Å². The SMILES string of the molecule is CN(C)c1ccc(C=C(Br)C(=O)c2ccccc2)cc1. The number of hydrogen-bond donors (Lipinski definition) is 0. The molecule has 0 N–H and O–H groups in total. The van der Waals surface area contributed by atoms with Crippen LogP contribution in [-0.2, 0) is 0 Å². The average Bonchev–Trinajstić information content (AvgIpc) is 2.48. The van der Waals surface area contributed by atoms with E-state index >= 15 is 0 Å². The van der Waals surface area contributed by atoms with Crippen LogP contribution in [0.1, 0.15) is 15.9 Å². The molecule has 20 heavy (non-hydrogen) atoms. The van der Waals surface area contributed by atoms with Crippen LogP contribution in [0.25, 0.3) is 6.08 Å². The van der Waals surface area contributed by atoms with Gasteiger partial charge in [-0.1, -0.05) is 42.5 Å². The molecule has 0 saturated carbocycles. The van der Waals surface area contributed by atoms with E-state index in [1.807, 2.05) is 79.7 Å². The van der Waals surface area contributed by atoms with E-state index in [0.29, 0.717) is 10.0 Å². The number of nitrogens with zero attached hydrogens (tertiary/aromatic N) is 1. The Morgan fingerprint density at radius 1 is 1.00 bits per heavy atom. The number of anilines is 1. The molecule has 0 aliphatic carbocycles. The molecule has 0 heterocycles. The van der Waals surface area contributed by atoms with E-state index in [1.165, 1.54) is 0 Å². The number of benzene rings is 2. The van der Waals surface area contributed by atoms with Crippen LogP contribution in [0.3, 0.4) is 0 Å². The minimum atomic E-state index is -0.0118. The Morgan fingerprint density at radius 2 is 1.60 bits per heavy atom. The summed E-state index contributed by atoms with van der Waals surface area (Å²) in [6.07, 6.45) is 1.84. The summed E-state index contributed by atoms with van der Waals surface area (Å²) in [4.78, 5) is 14.2. The first kappa shape index (κ1) is 14.5. The molecule has 2 aromatic rings. The molecule has 0 fully saturated rings. The molecule has 0 radical (unpaired) electrons. The normalized spacial score (nSPS) is 11.2. The van der Waals surface area contributed by atoms with Gasteiger partial charge in [-0.25, -0.2) is 0 Å². The maximum Gasteiger partial charge on any atom is 0.199 e. The molecule has 0 aliphatic rings. The fourth-order valence-electron chi connectivity index (χ4n) is 1.81. The summed E-state index contributed by atoms with van der Waals surface area (Å²) in [7, 11) is 4.00. The van der Waals surface area contributed by atoms with E-state index in [4.69, 9.17) is 0 Å². The van der Waals surface area contributed by atoms with Gasteiger partial charge in [-0.05, 0) is 39.7 Å². The van der Waals surface area contributed by atoms with Crippen LogP contribution in [0.15, 0.2) is 59.1 Å². The number of halogens is 1. The second-order valence-electron chi connectivity index (χ2n) is 4.67. The van der Waals surface area contributed by atoms with Gasteiger partial charge in [0.1, 0.15) is 0 Å². The van der Waals surface area contributed by atoms with Crippen molar-refractivity contribution in [3.8, 4) is 0 Å². The maximum absolute atomic E-state index is 12.2. The third kappa shape index (κ3) is 3.58. The van der Waals surface area contributed by atoms with Gasteiger partial charge in [-0.2, -0.15) is 0 Å². The topological polar surface area (TPSA) is 20.3 Å². The number of Topliss-reactive ketones (excluding diaryl/α,β-unsaturated/α-hetero) is 1. The lowest BCUT2D eigenvalue weighted by molar-refractivity contribution is 0.104. The Morgan fingerprint density at radius 3 is 2.15 bits per heavy atom. The van der Waals surface area contributed by atoms with Gasteiger partial charge in [-0.15, -0.1) is 0 Å². The summed E-state index contributed by atoms with van der Waals surface area (Å²) in [5.41, 5.74) is 2.81. The average molecular weight is 330 g/mol. The maximum atomic E-state index is 12.2. The van der Waals surface area contributed by atoms with E-state index in [1.54, 1.807) is 0 Å². The van der Waals surface area contributed by atoms with Crippen LogP contribution in [0.4, 0.5) is 5.69 Å². The summed E-state index contributed by atoms with van der Waals surface area (Å²) in [6, 6.07) is 17.3. The second kappa shape index (κ2) is 6.53. The van der Waals surface area contributed by atoms with Crippen molar-refractivity contribution in [2.24, 2.45) is 0 Å². The molecule has 0 atom stereocenters. The summed E-state index contributed by atoms with van der Waals surface area (Å²) >= 11 is 3.37. The lowest BCUT2D eigenvalue weighted by Crippen LogP contribution is -2.07. The Labute approximate surface area is 127 Å². The van der Waals surface area contributed by atoms with Crippen LogP contribution in [0.2, 0.25) is 0 Å². The van der Waals surface area contributed by atoms with Gasteiger partial charge in [0.05, 0.1) is 4.48 Å². The zero-order chi connectivity index (χ0) is 14.5. The molecular weight excluding hydrogens is 314 g/mol. The van der Waals surface area contributed by atoms with Crippen molar-refractivity contribution in [1.29, 1.82) is 0 Å². The molecule has 2 aromatic carbocycles. The van der Waals surface area contributed by atoms with Gasteiger partial charge in [-0.3, -0.25) is 4.79 Å². The van der Waals surface area contributed by atoms with E-state index in [0.717, 1.165) is 11.3 Å². The van der Waals surface area contributed by atoms with Crippen LogP contribution in [0, 0.1) is 0 Å². The number of rotatable bonds is 4. The van der Waals surface area contributed by atoms with E-state index in [2.05, 4.69) is 15.9 Å². The number of carbonyl (C=O) groups excluding carboxylic acids is 1. The number of carbonyl (C=O) groups is 1. The largest absolute Gasteiger partial charge is 0.378 e. The third-order valence-corrected chi connectivity index (χ3v) is 3.54. The molecule has 2 rings (SSSR count). The smallest absolute Gasteiger partial charge is 0.199 e. The summed E-state index contributed by atoms with van der Waals surface area (Å²) in [5.74, 6) is -0.0118. The van der Waals surface area contributed by atoms with E-state index in [-0.39, 0.29) is 5.78 Å². The van der Waals surface area contributed by atoms with Gasteiger partial charge in [0.25, 0.3) is 0 Å². The monoisotopic (exact) mass is 329 g/mol. The van der Waals surface area contributed by atoms with Crippen molar-refractivity contribution >= 4 is 33.5 Å². The third-order valence-electron chi connectivity index (χ3n) is 2.96. The molecule has 0 spiro atoms. The van der Waals surface area contributed by atoms with Gasteiger partial charge in [0.15, 0.2) is 5.78 Å². The van der Waals surface area contributed by atoms with Gasteiger partial charge in [0, 0.05) is 25.3 Å². The lowest BCUT2D eigenvalue weighted by atomic mass is 10.1. The minimum absolute atomic E-state index is 0.0118. The van der Waals surface area contributed by atoms with E-state index in [9.17, 15) is 4.79 Å². The lowest BCUT2D eigenvalue weighted by Gasteiger charge is -2.11. The van der Waals surface area contributed by atoms with Crippen molar-refractivity contribution in [3.63, 3.8) is 0 Å². The van der Waals surface area contributed by atoms with Crippen LogP contribution < -0.4 is 4.90 Å². The standard InChI is InChI=1S/C17H16BrNO/c1-19(2)15-10-8-13(9-11-15)12-16(18)17(20)14-6-4-3-5-7-14/h3-12H,1-2H3. The predicted molar refractivity (Wildman–Crippen MR) is 88.4 cm³/mol. The fourth-order valence-corrected chi connectivity index (χ4v) is 2.30. The van der Waals surface area contributed by atoms with E-state index < -0.39 is 0 Å². The van der Waals surface area contributed by atoms with Gasteiger partial charge in [0.2, 0.25) is 0 Å². The number of ketones is 1. The highest BCUT2D eigenvalue weighted by molar-refractivity contribution is 9.12. The molecule has 3 heteroatoms. The van der Waals surface area contributed by atoms with Crippen molar-refractivity contribution in [2.45, 2.75) is 0 Å². The predicted octanol–water partition coefficient (Wildman–Crippen LogP) is 4.37. The second-order valence-corrected chi connectivity index (χ2v) is 5.53. The molecule has 0 aliphatic heterocycles. The van der Waals surface area contributed by atoms with Crippen LogP contribution in [-0.4, -0.2) is 19.9 Å². The highest BCUT2D eigenvalue weighted by Crippen LogP contribution is 2.19. The number of allylic oxidation sites excluding steroid dienone is 1. The first-order valence-electron chi connectivity index (χ1n) is 6.32. The molecule has 0 aromatic heterocycles. The van der Waals surface area contributed by atoms with Crippen LogP contribution in [0.5, 0.6) is 0 Å². The molecule has 0 unspecified atom stereocenters. The first-order valence-corrected chi connectivity index (χ1v) is 7.11. The Balaban J connectivity index is 2.20. The zero-order valence-electron chi connectivity index (χ0n) is 11.5. The molecule has 0 bridgehead atoms. The minimum Gasteiger partial charge on any atom is -0.378 e. The molecular formula is C17H16BrNO. The number of hydrogen-bond acceptors (Lipinski definition) is 2. The fraction of sp³-hybridized carbons (Fsp3) is 0.118.